The summed E-state index contributed by atoms with van der Waals surface area (Å²) >= 11 is 0. The van der Waals surface area contributed by atoms with Crippen LogP contribution in [-0.4, -0.2) is 73.7 Å². The van der Waals surface area contributed by atoms with Gasteiger partial charge in [-0.15, -0.1) is 0 Å². The van der Waals surface area contributed by atoms with Crippen molar-refractivity contribution in [2.45, 2.75) is 51.8 Å². The molecule has 3 aliphatic heterocycles. The van der Waals surface area contributed by atoms with Crippen molar-refractivity contribution in [3.63, 3.8) is 0 Å². The molecule has 2 atom stereocenters. The van der Waals surface area contributed by atoms with Crippen molar-refractivity contribution in [1.29, 1.82) is 0 Å². The maximum atomic E-state index is 13.5. The summed E-state index contributed by atoms with van der Waals surface area (Å²) in [6, 6.07) is 13.9. The van der Waals surface area contributed by atoms with E-state index in [9.17, 15) is 14.4 Å². The fraction of sp³-hybridized carbons (Fsp3) is 0.394. The van der Waals surface area contributed by atoms with Gasteiger partial charge in [-0.25, -0.2) is 0 Å². The summed E-state index contributed by atoms with van der Waals surface area (Å²) in [5, 5.41) is 5.99. The van der Waals surface area contributed by atoms with Crippen molar-refractivity contribution in [2.75, 3.05) is 33.9 Å². The van der Waals surface area contributed by atoms with Crippen LogP contribution in [-0.2, 0) is 22.6 Å². The molecule has 3 aliphatic rings. The Morgan fingerprint density at radius 2 is 1.73 bits per heavy atom. The molecule has 0 radical (unpaired) electrons. The number of nitrogens with zero attached hydrogens (tertiary/aromatic N) is 2. The topological polar surface area (TPSA) is 128 Å². The van der Waals surface area contributed by atoms with Gasteiger partial charge in [0.15, 0.2) is 18.1 Å². The zero-order chi connectivity index (χ0) is 31.2. The SMILES string of the molecule is COc1cc2ccc1CNC(=O)CCc1ccc(OC)c(c1)OCC(=O)N[C@@H]1CN(C(=O)c3cc(C)nc(C)c3)CC[C@@H]1O2. The Bertz CT molecular complexity index is 1520. The molecule has 4 bridgehead atoms. The van der Waals surface area contributed by atoms with Crippen LogP contribution in [0.4, 0.5) is 0 Å². The molecule has 11 nitrogen and oxygen atoms in total. The fourth-order valence-corrected chi connectivity index (χ4v) is 5.58. The van der Waals surface area contributed by atoms with Crippen LogP contribution in [0.1, 0.15) is 45.7 Å². The van der Waals surface area contributed by atoms with E-state index >= 15 is 0 Å². The second kappa shape index (κ2) is 13.7. The molecule has 1 saturated heterocycles. The third kappa shape index (κ3) is 7.39. The van der Waals surface area contributed by atoms with Crippen LogP contribution in [0.3, 0.4) is 0 Å². The number of nitrogens with one attached hydrogen (secondary N) is 2. The van der Waals surface area contributed by atoms with E-state index in [1.807, 2.05) is 32.0 Å². The molecular formula is C33H38N4O7. The highest BCUT2D eigenvalue weighted by atomic mass is 16.5. The predicted octanol–water partition coefficient (Wildman–Crippen LogP) is 3.14. The Hall–Kier alpha value is -4.80. The highest BCUT2D eigenvalue weighted by Gasteiger charge is 2.35. The van der Waals surface area contributed by atoms with Gasteiger partial charge in [-0.05, 0) is 62.2 Å². The van der Waals surface area contributed by atoms with Crippen molar-refractivity contribution in [3.05, 3.63) is 76.6 Å². The molecule has 11 heteroatoms. The Morgan fingerprint density at radius 3 is 2.48 bits per heavy atom. The Morgan fingerprint density at radius 1 is 0.955 bits per heavy atom. The molecule has 4 heterocycles. The molecular weight excluding hydrogens is 564 g/mol. The molecule has 2 aromatic carbocycles. The first-order valence-electron chi connectivity index (χ1n) is 14.7. The molecule has 3 aromatic rings. The average Bonchev–Trinajstić information content (AvgIpc) is 3.01. The maximum Gasteiger partial charge on any atom is 0.258 e. The maximum absolute atomic E-state index is 13.5. The number of benzene rings is 2. The van der Waals surface area contributed by atoms with Gasteiger partial charge in [-0.1, -0.05) is 6.07 Å². The molecule has 232 valence electrons. The van der Waals surface area contributed by atoms with Gasteiger partial charge >= 0.3 is 0 Å². The largest absolute Gasteiger partial charge is 0.496 e. The van der Waals surface area contributed by atoms with E-state index in [0.29, 0.717) is 54.5 Å². The molecule has 0 saturated carbocycles. The molecule has 2 N–H and O–H groups in total. The van der Waals surface area contributed by atoms with Crippen molar-refractivity contribution in [1.82, 2.24) is 20.5 Å². The van der Waals surface area contributed by atoms with Crippen LogP contribution in [0.15, 0.2) is 48.5 Å². The smallest absolute Gasteiger partial charge is 0.258 e. The predicted molar refractivity (Wildman–Crippen MR) is 162 cm³/mol. The van der Waals surface area contributed by atoms with Gasteiger partial charge in [-0.3, -0.25) is 19.4 Å². The van der Waals surface area contributed by atoms with E-state index in [4.69, 9.17) is 18.9 Å². The lowest BCUT2D eigenvalue weighted by Crippen LogP contribution is -2.58. The Labute approximate surface area is 256 Å². The first-order chi connectivity index (χ1) is 21.2. The molecule has 1 aromatic heterocycles. The Balaban J connectivity index is 1.42. The number of methoxy groups -OCH3 is 2. The number of ether oxygens (including phenoxy) is 4. The second-order valence-electron chi connectivity index (χ2n) is 11.0. The van der Waals surface area contributed by atoms with Gasteiger partial charge in [-0.2, -0.15) is 0 Å². The van der Waals surface area contributed by atoms with Gasteiger partial charge in [0.2, 0.25) is 5.91 Å². The number of rotatable bonds is 3. The standard InChI is InChI=1S/C33H38N4O7/c1-20-13-24(14-21(2)35-20)33(40)37-12-11-27-26(18-37)36-32(39)19-43-30-15-22(5-9-28(30)41-3)6-10-31(38)34-17-23-7-8-25(44-27)16-29(23)42-4/h5,7-9,13-16,26-27H,6,10-12,17-19H2,1-4H3,(H,34,38)(H,36,39)/t26-,27+/m1/s1. The number of aryl methyl sites for hydroxylation is 3. The second-order valence-corrected chi connectivity index (χ2v) is 11.0. The van der Waals surface area contributed by atoms with Gasteiger partial charge < -0.3 is 34.5 Å². The zero-order valence-electron chi connectivity index (χ0n) is 25.5. The van der Waals surface area contributed by atoms with Gasteiger partial charge in [0.05, 0.1) is 20.3 Å². The van der Waals surface area contributed by atoms with E-state index in [2.05, 4.69) is 15.6 Å². The monoisotopic (exact) mass is 602 g/mol. The first kappa shape index (κ1) is 30.7. The molecule has 0 unspecified atom stereocenters. The lowest BCUT2D eigenvalue weighted by atomic mass is 10.00. The highest BCUT2D eigenvalue weighted by Crippen LogP contribution is 2.30. The summed E-state index contributed by atoms with van der Waals surface area (Å²) in [6.45, 7) is 4.42. The summed E-state index contributed by atoms with van der Waals surface area (Å²) in [7, 11) is 3.09. The number of fused-ring (bicyclic) bond motifs is 9. The van der Waals surface area contributed by atoms with Crippen LogP contribution in [0.25, 0.3) is 0 Å². The molecule has 0 spiro atoms. The molecule has 1 fully saturated rings. The average molecular weight is 603 g/mol. The number of pyridine rings is 1. The van der Waals surface area contributed by atoms with Gasteiger partial charge in [0.25, 0.3) is 11.8 Å². The summed E-state index contributed by atoms with van der Waals surface area (Å²) in [4.78, 5) is 45.5. The number of hydrogen-bond donors (Lipinski definition) is 2. The quantitative estimate of drug-likeness (QED) is 0.468. The van der Waals surface area contributed by atoms with E-state index in [1.54, 1.807) is 42.3 Å². The van der Waals surface area contributed by atoms with E-state index in [0.717, 1.165) is 22.5 Å². The van der Waals surface area contributed by atoms with Gasteiger partial charge in [0.1, 0.15) is 17.6 Å². The first-order valence-corrected chi connectivity index (χ1v) is 14.7. The van der Waals surface area contributed by atoms with Crippen LogP contribution in [0.2, 0.25) is 0 Å². The lowest BCUT2D eigenvalue weighted by Gasteiger charge is -2.39. The number of likely N-dealkylation sites (tertiary alicyclic amines) is 1. The summed E-state index contributed by atoms with van der Waals surface area (Å²) < 4.78 is 23.3. The number of carbonyl (C=O) groups is 3. The minimum Gasteiger partial charge on any atom is -0.496 e. The number of carbonyl (C=O) groups excluding carboxylic acids is 3. The summed E-state index contributed by atoms with van der Waals surface area (Å²) in [5.41, 5.74) is 3.76. The minimum absolute atomic E-state index is 0.107. The van der Waals surface area contributed by atoms with Crippen LogP contribution < -0.4 is 29.6 Å². The number of aromatic nitrogens is 1. The molecule has 0 aliphatic carbocycles. The molecule has 6 rings (SSSR count). The Kier molecular flexibility index (Phi) is 9.52. The number of piperidine rings is 1. The molecule has 3 amide bonds. The van der Waals surface area contributed by atoms with Crippen molar-refractivity contribution in [2.24, 2.45) is 0 Å². The fourth-order valence-electron chi connectivity index (χ4n) is 5.58. The van der Waals surface area contributed by atoms with Crippen molar-refractivity contribution in [3.8, 4) is 23.0 Å². The normalized spacial score (nSPS) is 19.1. The third-order valence-corrected chi connectivity index (χ3v) is 7.76. The van der Waals surface area contributed by atoms with Crippen molar-refractivity contribution >= 4 is 17.7 Å². The van der Waals surface area contributed by atoms with Crippen LogP contribution in [0, 0.1) is 13.8 Å². The zero-order valence-corrected chi connectivity index (χ0v) is 25.5. The van der Waals surface area contributed by atoms with Crippen molar-refractivity contribution < 1.29 is 33.3 Å². The van der Waals surface area contributed by atoms with E-state index < -0.39 is 12.1 Å². The minimum atomic E-state index is -0.520. The number of amides is 3. The van der Waals surface area contributed by atoms with Crippen LogP contribution >= 0.6 is 0 Å². The van der Waals surface area contributed by atoms with Gasteiger partial charge in [0, 0.05) is 61.1 Å². The summed E-state index contributed by atoms with van der Waals surface area (Å²) in [5.74, 6) is 1.39. The third-order valence-electron chi connectivity index (χ3n) is 7.76. The highest BCUT2D eigenvalue weighted by molar-refractivity contribution is 5.94. The van der Waals surface area contributed by atoms with Crippen LogP contribution in [0.5, 0.6) is 23.0 Å². The lowest BCUT2D eigenvalue weighted by molar-refractivity contribution is -0.125. The van der Waals surface area contributed by atoms with E-state index in [1.165, 1.54) is 7.11 Å². The summed E-state index contributed by atoms with van der Waals surface area (Å²) in [6.07, 6.45) is 0.801. The number of hydrogen-bond acceptors (Lipinski definition) is 8. The van der Waals surface area contributed by atoms with E-state index in [-0.39, 0.29) is 37.3 Å². The molecule has 44 heavy (non-hydrogen) atoms.